The molecule has 0 aromatic carbocycles. The van der Waals surface area contributed by atoms with Gasteiger partial charge in [0.15, 0.2) is 0 Å². The zero-order chi connectivity index (χ0) is 7.28. The number of hydrogen-bond donors (Lipinski definition) is 0. The first kappa shape index (κ1) is 8.83. The van der Waals surface area contributed by atoms with Crippen LogP contribution in [-0.2, 0) is 0 Å². The molecule has 0 spiro atoms. The van der Waals surface area contributed by atoms with E-state index in [1.165, 1.54) is 5.57 Å². The summed E-state index contributed by atoms with van der Waals surface area (Å²) in [5, 5.41) is 0. The number of thioether (sulfide) groups is 1. The summed E-state index contributed by atoms with van der Waals surface area (Å²) in [6.07, 6.45) is 5.30. The third-order valence-corrected chi connectivity index (χ3v) is 1.87. The first-order chi connectivity index (χ1) is 4.20. The Kier molecular flexibility index (Phi) is 4.60. The lowest BCUT2D eigenvalue weighted by Crippen LogP contribution is -1.71. The molecule has 0 amide bonds. The van der Waals surface area contributed by atoms with E-state index in [2.05, 4.69) is 26.5 Å². The van der Waals surface area contributed by atoms with Gasteiger partial charge in [0.1, 0.15) is 0 Å². The molecule has 0 aliphatic heterocycles. The second-order valence-corrected chi connectivity index (χ2v) is 2.95. The molecule has 9 heavy (non-hydrogen) atoms. The quantitative estimate of drug-likeness (QED) is 0.545. The van der Waals surface area contributed by atoms with Crippen molar-refractivity contribution in [2.45, 2.75) is 20.3 Å². The SMILES string of the molecule is C=C(C=C(C)CC)SC. The van der Waals surface area contributed by atoms with Gasteiger partial charge < -0.3 is 0 Å². The van der Waals surface area contributed by atoms with E-state index in [0.717, 1.165) is 11.3 Å². The van der Waals surface area contributed by atoms with Crippen LogP contribution in [0.1, 0.15) is 20.3 Å². The summed E-state index contributed by atoms with van der Waals surface area (Å²) >= 11 is 1.70. The molecule has 52 valence electrons. The van der Waals surface area contributed by atoms with E-state index >= 15 is 0 Å². The summed E-state index contributed by atoms with van der Waals surface area (Å²) in [5.74, 6) is 0. The van der Waals surface area contributed by atoms with Crippen molar-refractivity contribution in [2.75, 3.05) is 6.26 Å². The van der Waals surface area contributed by atoms with Gasteiger partial charge in [-0.15, -0.1) is 11.8 Å². The van der Waals surface area contributed by atoms with Gasteiger partial charge in [-0.1, -0.05) is 25.2 Å². The van der Waals surface area contributed by atoms with E-state index in [0.29, 0.717) is 0 Å². The van der Waals surface area contributed by atoms with Crippen LogP contribution in [0.4, 0.5) is 0 Å². The highest BCUT2D eigenvalue weighted by Crippen LogP contribution is 2.13. The van der Waals surface area contributed by atoms with Gasteiger partial charge in [0.2, 0.25) is 0 Å². The Morgan fingerprint density at radius 1 is 1.67 bits per heavy atom. The van der Waals surface area contributed by atoms with E-state index in [1.54, 1.807) is 11.8 Å². The lowest BCUT2D eigenvalue weighted by molar-refractivity contribution is 1.10. The molecule has 0 aliphatic carbocycles. The minimum atomic E-state index is 1.12. The standard InChI is InChI=1S/C8H14S/c1-5-7(2)6-8(3)9-4/h6H,3,5H2,1-2,4H3. The topological polar surface area (TPSA) is 0 Å². The van der Waals surface area contributed by atoms with Gasteiger partial charge in [-0.05, 0) is 24.5 Å². The molecule has 0 aromatic rings. The van der Waals surface area contributed by atoms with E-state index in [9.17, 15) is 0 Å². The van der Waals surface area contributed by atoms with Crippen LogP contribution in [0.5, 0.6) is 0 Å². The summed E-state index contributed by atoms with van der Waals surface area (Å²) in [6.45, 7) is 8.13. The van der Waals surface area contributed by atoms with Crippen LogP contribution in [0.3, 0.4) is 0 Å². The molecule has 1 heteroatoms. The Bertz CT molecular complexity index is 123. The van der Waals surface area contributed by atoms with Crippen molar-refractivity contribution in [3.05, 3.63) is 23.1 Å². The van der Waals surface area contributed by atoms with Crippen LogP contribution in [0.2, 0.25) is 0 Å². The predicted octanol–water partition coefficient (Wildman–Crippen LogP) is 3.22. The minimum absolute atomic E-state index is 1.12. The molecule has 0 nitrogen and oxygen atoms in total. The number of hydrogen-bond acceptors (Lipinski definition) is 1. The van der Waals surface area contributed by atoms with Gasteiger partial charge in [-0.2, -0.15) is 0 Å². The Labute approximate surface area is 62.0 Å². The highest BCUT2D eigenvalue weighted by Gasteiger charge is 1.85. The first-order valence-electron chi connectivity index (χ1n) is 3.10. The molecule has 0 aromatic heterocycles. The van der Waals surface area contributed by atoms with Crippen molar-refractivity contribution in [3.63, 3.8) is 0 Å². The van der Waals surface area contributed by atoms with Gasteiger partial charge in [0.25, 0.3) is 0 Å². The monoisotopic (exact) mass is 142 g/mol. The predicted molar refractivity (Wildman–Crippen MR) is 46.7 cm³/mol. The molecule has 0 saturated heterocycles. The highest BCUT2D eigenvalue weighted by molar-refractivity contribution is 8.02. The second kappa shape index (κ2) is 4.68. The van der Waals surface area contributed by atoms with Crippen molar-refractivity contribution in [3.8, 4) is 0 Å². The Morgan fingerprint density at radius 2 is 2.22 bits per heavy atom. The van der Waals surface area contributed by atoms with Gasteiger partial charge in [-0.25, -0.2) is 0 Å². The van der Waals surface area contributed by atoms with E-state index in [-0.39, 0.29) is 0 Å². The van der Waals surface area contributed by atoms with Gasteiger partial charge in [0, 0.05) is 0 Å². The van der Waals surface area contributed by atoms with E-state index in [4.69, 9.17) is 0 Å². The average Bonchev–Trinajstić information content (AvgIpc) is 1.87. The minimum Gasteiger partial charge on any atom is -0.130 e. The van der Waals surface area contributed by atoms with Crippen LogP contribution in [0, 0.1) is 0 Å². The molecular weight excluding hydrogens is 128 g/mol. The number of rotatable bonds is 3. The maximum absolute atomic E-state index is 3.85. The largest absolute Gasteiger partial charge is 0.130 e. The average molecular weight is 142 g/mol. The van der Waals surface area contributed by atoms with Crippen LogP contribution in [0.25, 0.3) is 0 Å². The number of allylic oxidation sites excluding steroid dienone is 2. The van der Waals surface area contributed by atoms with Crippen LogP contribution >= 0.6 is 11.8 Å². The van der Waals surface area contributed by atoms with Gasteiger partial charge >= 0.3 is 0 Å². The summed E-state index contributed by atoms with van der Waals surface area (Å²) in [6, 6.07) is 0. The van der Waals surface area contributed by atoms with Crippen LogP contribution in [0.15, 0.2) is 23.1 Å². The fraction of sp³-hybridized carbons (Fsp3) is 0.500. The Hall–Kier alpha value is -0.170. The maximum Gasteiger partial charge on any atom is -0.000340 e. The van der Waals surface area contributed by atoms with Gasteiger partial charge in [0.05, 0.1) is 0 Å². The lowest BCUT2D eigenvalue weighted by atomic mass is 10.2. The zero-order valence-electron chi connectivity index (χ0n) is 6.40. The molecule has 0 heterocycles. The molecule has 0 rings (SSSR count). The fourth-order valence-corrected chi connectivity index (χ4v) is 0.755. The van der Waals surface area contributed by atoms with Crippen molar-refractivity contribution in [1.29, 1.82) is 0 Å². The Morgan fingerprint density at radius 3 is 2.56 bits per heavy atom. The molecule has 0 bridgehead atoms. The van der Waals surface area contributed by atoms with E-state index < -0.39 is 0 Å². The third kappa shape index (κ3) is 4.34. The molecule has 0 atom stereocenters. The molecular formula is C8H14S. The van der Waals surface area contributed by atoms with Crippen molar-refractivity contribution in [1.82, 2.24) is 0 Å². The van der Waals surface area contributed by atoms with Crippen LogP contribution in [-0.4, -0.2) is 6.26 Å². The highest BCUT2D eigenvalue weighted by atomic mass is 32.2. The van der Waals surface area contributed by atoms with Crippen LogP contribution < -0.4 is 0 Å². The summed E-state index contributed by atoms with van der Waals surface area (Å²) in [5.41, 5.74) is 1.40. The van der Waals surface area contributed by atoms with Crippen molar-refractivity contribution in [2.24, 2.45) is 0 Å². The molecule has 0 saturated carbocycles. The van der Waals surface area contributed by atoms with Crippen molar-refractivity contribution >= 4 is 11.8 Å². The normalized spacial score (nSPS) is 11.7. The molecule has 0 unspecified atom stereocenters. The zero-order valence-corrected chi connectivity index (χ0v) is 7.22. The maximum atomic E-state index is 3.85. The fourth-order valence-electron chi connectivity index (χ4n) is 0.436. The second-order valence-electron chi connectivity index (χ2n) is 2.01. The first-order valence-corrected chi connectivity index (χ1v) is 4.33. The molecule has 0 aliphatic rings. The molecule has 0 N–H and O–H groups in total. The van der Waals surface area contributed by atoms with E-state index in [1.807, 2.05) is 6.26 Å². The summed E-state index contributed by atoms with van der Waals surface area (Å²) < 4.78 is 0. The third-order valence-electron chi connectivity index (χ3n) is 1.23. The molecule has 0 fully saturated rings. The molecule has 0 radical (unpaired) electrons. The lowest BCUT2D eigenvalue weighted by Gasteiger charge is -1.95. The van der Waals surface area contributed by atoms with Gasteiger partial charge in [-0.3, -0.25) is 0 Å². The van der Waals surface area contributed by atoms with Crippen molar-refractivity contribution < 1.29 is 0 Å². The summed E-state index contributed by atoms with van der Waals surface area (Å²) in [7, 11) is 0. The smallest absolute Gasteiger partial charge is 0.000340 e. The summed E-state index contributed by atoms with van der Waals surface area (Å²) in [4.78, 5) is 1.15. The Balaban J connectivity index is 3.79.